The third-order valence-corrected chi connectivity index (χ3v) is 2.07. The fourth-order valence-corrected chi connectivity index (χ4v) is 1.17. The number of hydrogen-bond acceptors (Lipinski definition) is 3. The van der Waals surface area contributed by atoms with Crippen LogP contribution in [0.15, 0.2) is 18.5 Å². The smallest absolute Gasteiger partial charge is 0.0608 e. The molecule has 1 aromatic heterocycles. The van der Waals surface area contributed by atoms with Crippen molar-refractivity contribution in [2.45, 2.75) is 32.8 Å². The Morgan fingerprint density at radius 2 is 2.21 bits per heavy atom. The predicted octanol–water partition coefficient (Wildman–Crippen LogP) is 1.96. The molecule has 0 saturated heterocycles. The molecular weight excluding hydrogens is 176 g/mol. The van der Waals surface area contributed by atoms with Crippen LogP contribution < -0.4 is 5.32 Å². The van der Waals surface area contributed by atoms with Crippen LogP contribution >= 0.6 is 0 Å². The molecule has 0 aliphatic rings. The van der Waals surface area contributed by atoms with E-state index in [0.717, 1.165) is 24.2 Å². The van der Waals surface area contributed by atoms with Crippen LogP contribution in [0.25, 0.3) is 0 Å². The summed E-state index contributed by atoms with van der Waals surface area (Å²) in [5.74, 6) is 0. The van der Waals surface area contributed by atoms with Crippen molar-refractivity contribution in [1.82, 2.24) is 4.98 Å². The van der Waals surface area contributed by atoms with Gasteiger partial charge in [0.1, 0.15) is 0 Å². The van der Waals surface area contributed by atoms with Gasteiger partial charge in [0.05, 0.1) is 5.60 Å². The summed E-state index contributed by atoms with van der Waals surface area (Å²) in [7, 11) is 0. The molecule has 0 saturated carbocycles. The van der Waals surface area contributed by atoms with Crippen LogP contribution in [0.1, 0.15) is 25.8 Å². The number of nitrogens with one attached hydrogen (secondary N) is 1. The Bertz CT molecular complexity index is 292. The summed E-state index contributed by atoms with van der Waals surface area (Å²) in [6.45, 7) is 6.41. The largest absolute Gasteiger partial charge is 0.390 e. The van der Waals surface area contributed by atoms with Gasteiger partial charge in [0.2, 0.25) is 0 Å². The highest BCUT2D eigenvalue weighted by atomic mass is 16.3. The van der Waals surface area contributed by atoms with E-state index in [9.17, 15) is 5.11 Å². The average molecular weight is 194 g/mol. The third kappa shape index (κ3) is 3.75. The quantitative estimate of drug-likeness (QED) is 0.770. The molecule has 0 atom stereocenters. The number of aromatic nitrogens is 1. The highest BCUT2D eigenvalue weighted by molar-refractivity contribution is 5.48. The van der Waals surface area contributed by atoms with Crippen LogP contribution in [0, 0.1) is 6.92 Å². The molecule has 0 bridgehead atoms. The van der Waals surface area contributed by atoms with E-state index in [1.165, 1.54) is 0 Å². The molecule has 1 aromatic rings. The number of aryl methyl sites for hydroxylation is 1. The van der Waals surface area contributed by atoms with E-state index >= 15 is 0 Å². The molecule has 1 heterocycles. The molecule has 14 heavy (non-hydrogen) atoms. The SMILES string of the molecule is Cc1cnccc1NCCC(C)(C)O. The van der Waals surface area contributed by atoms with E-state index in [4.69, 9.17) is 0 Å². The number of pyridine rings is 1. The van der Waals surface area contributed by atoms with Gasteiger partial charge in [-0.05, 0) is 38.8 Å². The number of rotatable bonds is 4. The number of anilines is 1. The van der Waals surface area contributed by atoms with Gasteiger partial charge in [-0.15, -0.1) is 0 Å². The van der Waals surface area contributed by atoms with Gasteiger partial charge >= 0.3 is 0 Å². The first kappa shape index (κ1) is 11.0. The van der Waals surface area contributed by atoms with E-state index in [0.29, 0.717) is 0 Å². The molecule has 0 aromatic carbocycles. The Balaban J connectivity index is 2.43. The predicted molar refractivity (Wildman–Crippen MR) is 58.4 cm³/mol. The van der Waals surface area contributed by atoms with Crippen molar-refractivity contribution in [3.05, 3.63) is 24.0 Å². The topological polar surface area (TPSA) is 45.2 Å². The highest BCUT2D eigenvalue weighted by Gasteiger charge is 2.11. The zero-order valence-corrected chi connectivity index (χ0v) is 9.04. The number of hydrogen-bond donors (Lipinski definition) is 2. The highest BCUT2D eigenvalue weighted by Crippen LogP contribution is 2.13. The van der Waals surface area contributed by atoms with Crippen molar-refractivity contribution < 1.29 is 5.11 Å². The maximum Gasteiger partial charge on any atom is 0.0608 e. The third-order valence-electron chi connectivity index (χ3n) is 2.07. The lowest BCUT2D eigenvalue weighted by molar-refractivity contribution is 0.0749. The van der Waals surface area contributed by atoms with E-state index in [1.807, 2.05) is 33.0 Å². The average Bonchev–Trinajstić information content (AvgIpc) is 2.06. The minimum Gasteiger partial charge on any atom is -0.390 e. The molecule has 3 heteroatoms. The van der Waals surface area contributed by atoms with Gasteiger partial charge in [0.25, 0.3) is 0 Å². The molecule has 2 N–H and O–H groups in total. The Labute approximate surface area is 85.2 Å². The van der Waals surface area contributed by atoms with Gasteiger partial charge in [0.15, 0.2) is 0 Å². The summed E-state index contributed by atoms with van der Waals surface area (Å²) in [5.41, 5.74) is 1.61. The van der Waals surface area contributed by atoms with Crippen molar-refractivity contribution >= 4 is 5.69 Å². The second-order valence-electron chi connectivity index (χ2n) is 4.18. The van der Waals surface area contributed by atoms with Gasteiger partial charge in [-0.2, -0.15) is 0 Å². The zero-order valence-electron chi connectivity index (χ0n) is 9.04. The molecular formula is C11H18N2O. The van der Waals surface area contributed by atoms with Crippen LogP contribution in [0.4, 0.5) is 5.69 Å². The second kappa shape index (κ2) is 4.42. The van der Waals surface area contributed by atoms with E-state index in [1.54, 1.807) is 6.20 Å². The Hall–Kier alpha value is -1.09. The summed E-state index contributed by atoms with van der Waals surface area (Å²) in [6, 6.07) is 1.94. The van der Waals surface area contributed by atoms with Crippen molar-refractivity contribution in [2.24, 2.45) is 0 Å². The van der Waals surface area contributed by atoms with E-state index in [2.05, 4.69) is 10.3 Å². The van der Waals surface area contributed by atoms with Gasteiger partial charge in [-0.3, -0.25) is 4.98 Å². The van der Waals surface area contributed by atoms with Gasteiger partial charge in [-0.25, -0.2) is 0 Å². The number of aliphatic hydroxyl groups is 1. The van der Waals surface area contributed by atoms with Gasteiger partial charge in [-0.1, -0.05) is 0 Å². The lowest BCUT2D eigenvalue weighted by Crippen LogP contribution is -2.22. The first-order valence-electron chi connectivity index (χ1n) is 4.86. The monoisotopic (exact) mass is 194 g/mol. The van der Waals surface area contributed by atoms with Crippen LogP contribution in [0.2, 0.25) is 0 Å². The first-order chi connectivity index (χ1) is 6.49. The lowest BCUT2D eigenvalue weighted by Gasteiger charge is -2.17. The maximum atomic E-state index is 9.51. The van der Waals surface area contributed by atoms with Gasteiger partial charge < -0.3 is 10.4 Å². The van der Waals surface area contributed by atoms with Crippen molar-refractivity contribution in [3.8, 4) is 0 Å². The molecule has 0 fully saturated rings. The lowest BCUT2D eigenvalue weighted by atomic mass is 10.1. The molecule has 0 aliphatic heterocycles. The molecule has 0 aliphatic carbocycles. The Morgan fingerprint density at radius 1 is 1.50 bits per heavy atom. The molecule has 0 amide bonds. The molecule has 3 nitrogen and oxygen atoms in total. The molecule has 78 valence electrons. The van der Waals surface area contributed by atoms with Crippen LogP contribution in [-0.2, 0) is 0 Å². The van der Waals surface area contributed by atoms with Crippen molar-refractivity contribution in [2.75, 3.05) is 11.9 Å². The minimum atomic E-state index is -0.603. The first-order valence-corrected chi connectivity index (χ1v) is 4.86. The Morgan fingerprint density at radius 3 is 2.79 bits per heavy atom. The van der Waals surface area contributed by atoms with Crippen LogP contribution in [0.3, 0.4) is 0 Å². The number of nitrogens with zero attached hydrogens (tertiary/aromatic N) is 1. The maximum absolute atomic E-state index is 9.51. The summed E-state index contributed by atoms with van der Waals surface area (Å²) in [6.07, 6.45) is 4.32. The standard InChI is InChI=1S/C11H18N2O/c1-9-8-12-6-4-10(9)13-7-5-11(2,3)14/h4,6,8,14H,5,7H2,1-3H3,(H,12,13). The van der Waals surface area contributed by atoms with Crippen molar-refractivity contribution in [3.63, 3.8) is 0 Å². The van der Waals surface area contributed by atoms with Crippen molar-refractivity contribution in [1.29, 1.82) is 0 Å². The van der Waals surface area contributed by atoms with E-state index in [-0.39, 0.29) is 0 Å². The zero-order chi connectivity index (χ0) is 10.6. The van der Waals surface area contributed by atoms with E-state index < -0.39 is 5.60 Å². The minimum absolute atomic E-state index is 0.603. The second-order valence-corrected chi connectivity index (χ2v) is 4.18. The normalized spacial score (nSPS) is 11.4. The van der Waals surface area contributed by atoms with Crippen LogP contribution in [-0.4, -0.2) is 22.2 Å². The Kier molecular flexibility index (Phi) is 3.47. The fraction of sp³-hybridized carbons (Fsp3) is 0.545. The summed E-state index contributed by atoms with van der Waals surface area (Å²) < 4.78 is 0. The molecule has 0 spiro atoms. The van der Waals surface area contributed by atoms with Crippen LogP contribution in [0.5, 0.6) is 0 Å². The molecule has 0 unspecified atom stereocenters. The molecule has 1 rings (SSSR count). The summed E-state index contributed by atoms with van der Waals surface area (Å²) >= 11 is 0. The molecule has 0 radical (unpaired) electrons. The fourth-order valence-electron chi connectivity index (χ4n) is 1.17. The summed E-state index contributed by atoms with van der Waals surface area (Å²) in [4.78, 5) is 4.01. The van der Waals surface area contributed by atoms with Gasteiger partial charge in [0, 0.05) is 24.6 Å². The summed E-state index contributed by atoms with van der Waals surface area (Å²) in [5, 5.41) is 12.8.